The monoisotopic (exact) mass is 515 g/mol. The SMILES string of the molecule is N#Cc1cccnc1N1CCN(C(c2ccc(-c3ccccc3)nc2)c2cn[nH]c2-c2ccccc2F)CC1. The Kier molecular flexibility index (Phi) is 6.81. The molecular formula is C31H26FN7. The van der Waals surface area contributed by atoms with Gasteiger partial charge in [-0.1, -0.05) is 48.5 Å². The van der Waals surface area contributed by atoms with Crippen LogP contribution in [0.25, 0.3) is 22.5 Å². The van der Waals surface area contributed by atoms with Crippen LogP contribution >= 0.6 is 0 Å². The van der Waals surface area contributed by atoms with Gasteiger partial charge in [-0.3, -0.25) is 15.0 Å². The predicted octanol–water partition coefficient (Wildman–Crippen LogP) is 5.46. The van der Waals surface area contributed by atoms with Crippen molar-refractivity contribution in [3.05, 3.63) is 120 Å². The molecule has 5 aromatic rings. The Morgan fingerprint density at radius 1 is 0.846 bits per heavy atom. The van der Waals surface area contributed by atoms with Gasteiger partial charge in [0.15, 0.2) is 0 Å². The fourth-order valence-electron chi connectivity index (χ4n) is 5.24. The number of halogens is 1. The minimum Gasteiger partial charge on any atom is -0.353 e. The van der Waals surface area contributed by atoms with Crippen molar-refractivity contribution < 1.29 is 4.39 Å². The zero-order chi connectivity index (χ0) is 26.6. The zero-order valence-corrected chi connectivity index (χ0v) is 21.2. The van der Waals surface area contributed by atoms with Crippen LogP contribution in [-0.2, 0) is 0 Å². The number of nitrogens with one attached hydrogen (secondary N) is 1. The average molecular weight is 516 g/mol. The third-order valence-electron chi connectivity index (χ3n) is 7.16. The minimum absolute atomic E-state index is 0.197. The predicted molar refractivity (Wildman–Crippen MR) is 148 cm³/mol. The van der Waals surface area contributed by atoms with Gasteiger partial charge in [0, 0.05) is 55.3 Å². The largest absolute Gasteiger partial charge is 0.353 e. The molecule has 0 bridgehead atoms. The summed E-state index contributed by atoms with van der Waals surface area (Å²) in [6, 6.07) is 26.6. The highest BCUT2D eigenvalue weighted by atomic mass is 19.1. The topological polar surface area (TPSA) is 84.7 Å². The molecule has 1 saturated heterocycles. The number of aromatic nitrogens is 4. The molecule has 0 aliphatic carbocycles. The summed E-state index contributed by atoms with van der Waals surface area (Å²) >= 11 is 0. The van der Waals surface area contributed by atoms with Gasteiger partial charge in [0.25, 0.3) is 0 Å². The third kappa shape index (κ3) is 4.88. The van der Waals surface area contributed by atoms with Crippen LogP contribution in [0.4, 0.5) is 10.2 Å². The van der Waals surface area contributed by atoms with E-state index in [4.69, 9.17) is 4.98 Å². The highest BCUT2D eigenvalue weighted by Gasteiger charge is 2.31. The molecule has 1 aliphatic rings. The molecule has 0 amide bonds. The number of nitrogens with zero attached hydrogens (tertiary/aromatic N) is 6. The summed E-state index contributed by atoms with van der Waals surface area (Å²) in [7, 11) is 0. The maximum Gasteiger partial charge on any atom is 0.146 e. The molecule has 1 unspecified atom stereocenters. The molecule has 3 aromatic heterocycles. The number of anilines is 1. The van der Waals surface area contributed by atoms with E-state index in [0.717, 1.165) is 22.4 Å². The molecule has 8 heteroatoms. The second-order valence-corrected chi connectivity index (χ2v) is 9.43. The van der Waals surface area contributed by atoms with Gasteiger partial charge in [0.2, 0.25) is 0 Å². The number of aromatic amines is 1. The van der Waals surface area contributed by atoms with Crippen molar-refractivity contribution in [2.24, 2.45) is 0 Å². The summed E-state index contributed by atoms with van der Waals surface area (Å²) in [5.74, 6) is 0.406. The highest BCUT2D eigenvalue weighted by Crippen LogP contribution is 2.36. The summed E-state index contributed by atoms with van der Waals surface area (Å²) in [6.07, 6.45) is 5.41. The van der Waals surface area contributed by atoms with Crippen LogP contribution < -0.4 is 4.90 Å². The van der Waals surface area contributed by atoms with Gasteiger partial charge in [-0.15, -0.1) is 0 Å². The molecule has 1 fully saturated rings. The van der Waals surface area contributed by atoms with Crippen molar-refractivity contribution in [2.45, 2.75) is 6.04 Å². The lowest BCUT2D eigenvalue weighted by Crippen LogP contribution is -2.48. The molecule has 2 aromatic carbocycles. The van der Waals surface area contributed by atoms with Crippen LogP contribution in [0.2, 0.25) is 0 Å². The van der Waals surface area contributed by atoms with Crippen molar-refractivity contribution in [2.75, 3.05) is 31.1 Å². The van der Waals surface area contributed by atoms with Crippen LogP contribution in [0.1, 0.15) is 22.7 Å². The number of H-pyrrole nitrogens is 1. The Hall–Kier alpha value is -4.87. The van der Waals surface area contributed by atoms with E-state index in [1.165, 1.54) is 6.07 Å². The lowest BCUT2D eigenvalue weighted by molar-refractivity contribution is 0.212. The van der Waals surface area contributed by atoms with E-state index in [0.29, 0.717) is 48.8 Å². The molecule has 1 aliphatic heterocycles. The van der Waals surface area contributed by atoms with Crippen molar-refractivity contribution in [3.8, 4) is 28.6 Å². The van der Waals surface area contributed by atoms with E-state index < -0.39 is 0 Å². The van der Waals surface area contributed by atoms with Gasteiger partial charge >= 0.3 is 0 Å². The van der Waals surface area contributed by atoms with Crippen LogP contribution in [0, 0.1) is 17.1 Å². The number of nitriles is 1. The summed E-state index contributed by atoms with van der Waals surface area (Å²) in [4.78, 5) is 13.8. The third-order valence-corrected chi connectivity index (χ3v) is 7.16. The van der Waals surface area contributed by atoms with E-state index in [2.05, 4.69) is 37.1 Å². The second-order valence-electron chi connectivity index (χ2n) is 9.43. The second kappa shape index (κ2) is 10.9. The molecule has 4 heterocycles. The van der Waals surface area contributed by atoms with Gasteiger partial charge in [-0.05, 0) is 35.9 Å². The highest BCUT2D eigenvalue weighted by molar-refractivity contribution is 5.65. The quantitative estimate of drug-likeness (QED) is 0.324. The molecule has 39 heavy (non-hydrogen) atoms. The summed E-state index contributed by atoms with van der Waals surface area (Å²) in [5, 5.41) is 16.9. The number of rotatable bonds is 6. The fraction of sp³-hybridized carbons (Fsp3) is 0.161. The molecule has 0 radical (unpaired) electrons. The summed E-state index contributed by atoms with van der Waals surface area (Å²) < 4.78 is 14.9. The number of pyridine rings is 2. The molecule has 0 spiro atoms. The first kappa shape index (κ1) is 24.5. The van der Waals surface area contributed by atoms with Gasteiger partial charge in [0.05, 0.1) is 29.2 Å². The van der Waals surface area contributed by atoms with Gasteiger partial charge < -0.3 is 4.90 Å². The molecule has 192 valence electrons. The van der Waals surface area contributed by atoms with Gasteiger partial charge in [-0.25, -0.2) is 9.37 Å². The minimum atomic E-state index is -0.302. The molecule has 1 N–H and O–H groups in total. The Bertz CT molecular complexity index is 1600. The normalized spacial score (nSPS) is 14.6. The maximum absolute atomic E-state index is 14.9. The Balaban J connectivity index is 1.35. The van der Waals surface area contributed by atoms with Crippen LogP contribution in [0.15, 0.2) is 97.5 Å². The lowest BCUT2D eigenvalue weighted by Gasteiger charge is -2.40. The molecule has 6 rings (SSSR count). The number of hydrogen-bond acceptors (Lipinski definition) is 6. The first-order valence-corrected chi connectivity index (χ1v) is 12.9. The first-order valence-electron chi connectivity index (χ1n) is 12.9. The van der Waals surface area contributed by atoms with E-state index >= 15 is 0 Å². The Morgan fingerprint density at radius 3 is 2.38 bits per heavy atom. The van der Waals surface area contributed by atoms with Crippen LogP contribution in [0.3, 0.4) is 0 Å². The average Bonchev–Trinajstić information content (AvgIpc) is 3.48. The molecular weight excluding hydrogens is 489 g/mol. The Labute approximate surface area is 226 Å². The number of piperazine rings is 1. The molecule has 7 nitrogen and oxygen atoms in total. The van der Waals surface area contributed by atoms with Crippen molar-refractivity contribution in [1.29, 1.82) is 5.26 Å². The summed E-state index contributed by atoms with van der Waals surface area (Å²) in [5.41, 5.74) is 5.53. The van der Waals surface area contributed by atoms with Crippen molar-refractivity contribution in [1.82, 2.24) is 25.1 Å². The standard InChI is InChI=1S/C31H26FN7/c32-27-11-5-4-10-25(27)29-26(21-36-37-29)30(24-12-13-28(35-20-24)22-7-2-1-3-8-22)38-15-17-39(18-16-38)31-23(19-33)9-6-14-34-31/h1-14,20-21,30H,15-18H2,(H,36,37). The number of benzene rings is 2. The van der Waals surface area contributed by atoms with Crippen LogP contribution in [-0.4, -0.2) is 51.2 Å². The van der Waals surface area contributed by atoms with Crippen LogP contribution in [0.5, 0.6) is 0 Å². The first-order chi connectivity index (χ1) is 19.2. The molecule has 0 saturated carbocycles. The van der Waals surface area contributed by atoms with E-state index in [1.54, 1.807) is 36.7 Å². The van der Waals surface area contributed by atoms with Crippen molar-refractivity contribution >= 4 is 5.82 Å². The molecule has 1 atom stereocenters. The lowest BCUT2D eigenvalue weighted by atomic mass is 9.94. The van der Waals surface area contributed by atoms with E-state index in [9.17, 15) is 9.65 Å². The van der Waals surface area contributed by atoms with Gasteiger partial charge in [-0.2, -0.15) is 10.4 Å². The summed E-state index contributed by atoms with van der Waals surface area (Å²) in [6.45, 7) is 2.83. The van der Waals surface area contributed by atoms with E-state index in [-0.39, 0.29) is 11.9 Å². The fourth-order valence-corrected chi connectivity index (χ4v) is 5.24. The van der Waals surface area contributed by atoms with E-state index in [1.807, 2.05) is 48.7 Å². The van der Waals surface area contributed by atoms with Crippen molar-refractivity contribution in [3.63, 3.8) is 0 Å². The Morgan fingerprint density at radius 2 is 1.64 bits per heavy atom. The number of hydrogen-bond donors (Lipinski definition) is 1. The smallest absolute Gasteiger partial charge is 0.146 e. The zero-order valence-electron chi connectivity index (χ0n) is 21.2. The van der Waals surface area contributed by atoms with Gasteiger partial charge in [0.1, 0.15) is 17.7 Å². The maximum atomic E-state index is 14.9.